The Hall–Kier alpha value is -1.76. The molecule has 2 aromatic rings. The Morgan fingerprint density at radius 1 is 1.29 bits per heavy atom. The van der Waals surface area contributed by atoms with E-state index in [0.717, 1.165) is 17.8 Å². The molecule has 0 saturated carbocycles. The van der Waals surface area contributed by atoms with Gasteiger partial charge in [-0.1, -0.05) is 6.92 Å². The highest BCUT2D eigenvalue weighted by atomic mass is 19.3. The van der Waals surface area contributed by atoms with E-state index in [1.807, 2.05) is 10.7 Å². The number of alkyl halides is 2. The summed E-state index contributed by atoms with van der Waals surface area (Å²) in [6.07, 6.45) is 2.01. The Balaban J connectivity index is 1.84. The fraction of sp³-hybridized carbons (Fsp3) is 0.571. The lowest BCUT2D eigenvalue weighted by molar-refractivity contribution is 0.121. The van der Waals surface area contributed by atoms with Crippen molar-refractivity contribution in [3.05, 3.63) is 35.9 Å². The van der Waals surface area contributed by atoms with Crippen molar-refractivity contribution >= 4 is 0 Å². The molecule has 0 aliphatic heterocycles. The van der Waals surface area contributed by atoms with Crippen LogP contribution in [0.1, 0.15) is 37.7 Å². The molecule has 0 amide bonds. The van der Waals surface area contributed by atoms with E-state index < -0.39 is 6.43 Å². The van der Waals surface area contributed by atoms with Crippen molar-refractivity contribution in [3.63, 3.8) is 0 Å². The van der Waals surface area contributed by atoms with E-state index in [1.165, 1.54) is 4.68 Å². The van der Waals surface area contributed by atoms with Gasteiger partial charge in [0.05, 0.1) is 11.4 Å². The minimum atomic E-state index is -2.38. The van der Waals surface area contributed by atoms with E-state index in [0.29, 0.717) is 19.1 Å². The second kappa shape index (κ2) is 7.31. The van der Waals surface area contributed by atoms with E-state index in [4.69, 9.17) is 0 Å². The molecule has 21 heavy (non-hydrogen) atoms. The van der Waals surface area contributed by atoms with E-state index in [9.17, 15) is 8.78 Å². The smallest absolute Gasteiger partial charge is 0.257 e. The highest BCUT2D eigenvalue weighted by Crippen LogP contribution is 2.12. The molecule has 7 heteroatoms. The maximum absolute atomic E-state index is 12.2. The largest absolute Gasteiger partial charge is 0.305 e. The van der Waals surface area contributed by atoms with Crippen LogP contribution in [0.3, 0.4) is 0 Å². The van der Waals surface area contributed by atoms with Crippen molar-refractivity contribution in [2.24, 2.45) is 0 Å². The SMILES string of the molecule is CC[C@@H](C)n1nccc1CNCc1ccn(CC(F)F)n1. The molecule has 1 N–H and O–H groups in total. The van der Waals surface area contributed by atoms with Crippen molar-refractivity contribution in [2.45, 2.75) is 52.4 Å². The molecule has 5 nitrogen and oxygen atoms in total. The molecule has 116 valence electrons. The van der Waals surface area contributed by atoms with Crippen LogP contribution in [0.4, 0.5) is 8.78 Å². The summed E-state index contributed by atoms with van der Waals surface area (Å²) in [5.74, 6) is 0. The van der Waals surface area contributed by atoms with Crippen molar-refractivity contribution < 1.29 is 8.78 Å². The molecule has 0 fully saturated rings. The topological polar surface area (TPSA) is 47.7 Å². The van der Waals surface area contributed by atoms with Crippen LogP contribution in [-0.2, 0) is 19.6 Å². The Labute approximate surface area is 123 Å². The van der Waals surface area contributed by atoms with Crippen LogP contribution < -0.4 is 5.32 Å². The lowest BCUT2D eigenvalue weighted by Crippen LogP contribution is -2.18. The molecular formula is C14H21F2N5. The van der Waals surface area contributed by atoms with Gasteiger partial charge in [0, 0.05) is 31.5 Å². The maximum Gasteiger partial charge on any atom is 0.257 e. The zero-order valence-corrected chi connectivity index (χ0v) is 12.3. The van der Waals surface area contributed by atoms with Crippen LogP contribution in [0.2, 0.25) is 0 Å². The van der Waals surface area contributed by atoms with E-state index >= 15 is 0 Å². The molecule has 0 radical (unpaired) electrons. The molecule has 0 spiro atoms. The molecule has 0 aliphatic carbocycles. The van der Waals surface area contributed by atoms with Gasteiger partial charge in [-0.3, -0.25) is 9.36 Å². The quantitative estimate of drug-likeness (QED) is 0.815. The number of nitrogens with one attached hydrogen (secondary N) is 1. The number of hydrogen-bond acceptors (Lipinski definition) is 3. The molecule has 0 aromatic carbocycles. The minimum absolute atomic E-state index is 0.360. The predicted molar refractivity (Wildman–Crippen MR) is 76.0 cm³/mol. The summed E-state index contributed by atoms with van der Waals surface area (Å²) in [5, 5.41) is 11.7. The summed E-state index contributed by atoms with van der Waals surface area (Å²) in [6, 6.07) is 4.10. The molecular weight excluding hydrogens is 276 g/mol. The normalized spacial score (nSPS) is 13.0. The first kappa shape index (κ1) is 15.6. The Morgan fingerprint density at radius 2 is 2.10 bits per heavy atom. The van der Waals surface area contributed by atoms with Crippen molar-refractivity contribution in [3.8, 4) is 0 Å². The van der Waals surface area contributed by atoms with Gasteiger partial charge in [0.25, 0.3) is 6.43 Å². The first-order valence-electron chi connectivity index (χ1n) is 7.13. The minimum Gasteiger partial charge on any atom is -0.305 e. The van der Waals surface area contributed by atoms with Crippen molar-refractivity contribution in [1.82, 2.24) is 24.9 Å². The average Bonchev–Trinajstić information content (AvgIpc) is 3.07. The van der Waals surface area contributed by atoms with Crippen LogP contribution in [-0.4, -0.2) is 26.0 Å². The Bertz CT molecular complexity index is 549. The third-order valence-corrected chi connectivity index (χ3v) is 3.39. The fourth-order valence-electron chi connectivity index (χ4n) is 2.11. The second-order valence-electron chi connectivity index (χ2n) is 5.05. The molecule has 0 aliphatic rings. The molecule has 1 atom stereocenters. The molecule has 2 rings (SSSR count). The summed E-state index contributed by atoms with van der Waals surface area (Å²) in [5.41, 5.74) is 1.86. The van der Waals surface area contributed by atoms with Gasteiger partial charge in [-0.05, 0) is 25.5 Å². The average molecular weight is 297 g/mol. The third-order valence-electron chi connectivity index (χ3n) is 3.39. The number of halogens is 2. The molecule has 0 bridgehead atoms. The number of hydrogen-bond donors (Lipinski definition) is 1. The highest BCUT2D eigenvalue weighted by Gasteiger charge is 2.09. The standard InChI is InChI=1S/C14H21F2N5/c1-3-11(2)21-13(4-6-18-21)9-17-8-12-5-7-20(19-12)10-14(15)16/h4-7,11,14,17H,3,8-10H2,1-2H3/t11-/m1/s1. The lowest BCUT2D eigenvalue weighted by atomic mass is 10.2. The summed E-state index contributed by atoms with van der Waals surface area (Å²) in [6.45, 7) is 5.11. The summed E-state index contributed by atoms with van der Waals surface area (Å²) in [4.78, 5) is 0. The fourth-order valence-corrected chi connectivity index (χ4v) is 2.11. The Morgan fingerprint density at radius 3 is 2.81 bits per heavy atom. The predicted octanol–water partition coefficient (Wildman–Crippen LogP) is 2.61. The number of aromatic nitrogens is 4. The van der Waals surface area contributed by atoms with Gasteiger partial charge in [-0.2, -0.15) is 10.2 Å². The summed E-state index contributed by atoms with van der Waals surface area (Å²) < 4.78 is 27.7. The first-order chi connectivity index (χ1) is 10.1. The van der Waals surface area contributed by atoms with Gasteiger partial charge in [0.15, 0.2) is 0 Å². The zero-order chi connectivity index (χ0) is 15.2. The van der Waals surface area contributed by atoms with Crippen molar-refractivity contribution in [2.75, 3.05) is 0 Å². The van der Waals surface area contributed by atoms with Gasteiger partial charge in [0.2, 0.25) is 0 Å². The van der Waals surface area contributed by atoms with Gasteiger partial charge in [0.1, 0.15) is 6.54 Å². The monoisotopic (exact) mass is 297 g/mol. The zero-order valence-electron chi connectivity index (χ0n) is 12.3. The van der Waals surface area contributed by atoms with Crippen LogP contribution in [0, 0.1) is 0 Å². The molecule has 0 unspecified atom stereocenters. The molecule has 2 aromatic heterocycles. The van der Waals surface area contributed by atoms with Gasteiger partial charge in [-0.15, -0.1) is 0 Å². The Kier molecular flexibility index (Phi) is 5.44. The van der Waals surface area contributed by atoms with Crippen molar-refractivity contribution in [1.29, 1.82) is 0 Å². The van der Waals surface area contributed by atoms with E-state index in [-0.39, 0.29) is 6.54 Å². The van der Waals surface area contributed by atoms with E-state index in [2.05, 4.69) is 29.4 Å². The third kappa shape index (κ3) is 4.35. The maximum atomic E-state index is 12.2. The van der Waals surface area contributed by atoms with Crippen LogP contribution in [0.15, 0.2) is 24.5 Å². The summed E-state index contributed by atoms with van der Waals surface area (Å²) >= 11 is 0. The summed E-state index contributed by atoms with van der Waals surface area (Å²) in [7, 11) is 0. The molecule has 0 saturated heterocycles. The lowest BCUT2D eigenvalue weighted by Gasteiger charge is -2.13. The van der Waals surface area contributed by atoms with Gasteiger partial charge in [-0.25, -0.2) is 8.78 Å². The first-order valence-corrected chi connectivity index (χ1v) is 7.13. The highest BCUT2D eigenvalue weighted by molar-refractivity contribution is 5.03. The second-order valence-corrected chi connectivity index (χ2v) is 5.05. The van der Waals surface area contributed by atoms with Gasteiger partial charge >= 0.3 is 0 Å². The van der Waals surface area contributed by atoms with Crippen LogP contribution >= 0.6 is 0 Å². The van der Waals surface area contributed by atoms with Crippen LogP contribution in [0.5, 0.6) is 0 Å². The molecule has 2 heterocycles. The van der Waals surface area contributed by atoms with Gasteiger partial charge < -0.3 is 5.32 Å². The number of nitrogens with zero attached hydrogens (tertiary/aromatic N) is 4. The van der Waals surface area contributed by atoms with Crippen LogP contribution in [0.25, 0.3) is 0 Å². The number of rotatable bonds is 8. The van der Waals surface area contributed by atoms with E-state index in [1.54, 1.807) is 18.5 Å².